The average Bonchev–Trinajstić information content (AvgIpc) is 3.44. The van der Waals surface area contributed by atoms with E-state index in [0.717, 1.165) is 18.4 Å². The van der Waals surface area contributed by atoms with E-state index < -0.39 is 5.97 Å². The van der Waals surface area contributed by atoms with Crippen LogP contribution in [0.5, 0.6) is 0 Å². The van der Waals surface area contributed by atoms with E-state index >= 15 is 0 Å². The van der Waals surface area contributed by atoms with Gasteiger partial charge in [-0.25, -0.2) is 4.79 Å². The van der Waals surface area contributed by atoms with Crippen molar-refractivity contribution in [1.29, 1.82) is 0 Å². The SMILES string of the molecule is O=C(NCc1cccc(C(=O)NC2CC2)c1)NC1CCC(C(=O)O)CC1. The minimum atomic E-state index is -0.751. The molecule has 7 heteroatoms. The van der Waals surface area contributed by atoms with Gasteiger partial charge >= 0.3 is 12.0 Å². The Bertz CT molecular complexity index is 679. The lowest BCUT2D eigenvalue weighted by molar-refractivity contribution is -0.142. The van der Waals surface area contributed by atoms with Crippen LogP contribution in [-0.4, -0.2) is 35.1 Å². The van der Waals surface area contributed by atoms with Gasteiger partial charge in [0.25, 0.3) is 5.91 Å². The van der Waals surface area contributed by atoms with Gasteiger partial charge in [-0.1, -0.05) is 12.1 Å². The molecule has 1 aromatic carbocycles. The van der Waals surface area contributed by atoms with Crippen molar-refractivity contribution < 1.29 is 19.5 Å². The molecule has 3 amide bonds. The Morgan fingerprint density at radius 2 is 1.62 bits per heavy atom. The van der Waals surface area contributed by atoms with Gasteiger partial charge in [0, 0.05) is 24.2 Å². The quantitative estimate of drug-likeness (QED) is 0.623. The van der Waals surface area contributed by atoms with Crippen molar-refractivity contribution >= 4 is 17.9 Å². The normalized spacial score (nSPS) is 22.3. The minimum absolute atomic E-state index is 0.0150. The van der Waals surface area contributed by atoms with Crippen LogP contribution in [0.15, 0.2) is 24.3 Å². The molecule has 0 aromatic heterocycles. The second-order valence-electron chi connectivity index (χ2n) is 7.16. The van der Waals surface area contributed by atoms with Crippen molar-refractivity contribution in [3.05, 3.63) is 35.4 Å². The maximum atomic E-state index is 12.1. The molecule has 0 bridgehead atoms. The second-order valence-corrected chi connectivity index (χ2v) is 7.16. The molecule has 0 heterocycles. The summed E-state index contributed by atoms with van der Waals surface area (Å²) >= 11 is 0. The van der Waals surface area contributed by atoms with E-state index in [2.05, 4.69) is 16.0 Å². The Balaban J connectivity index is 1.43. The summed E-state index contributed by atoms with van der Waals surface area (Å²) in [6, 6.07) is 7.29. The summed E-state index contributed by atoms with van der Waals surface area (Å²) in [4.78, 5) is 35.1. The topological polar surface area (TPSA) is 108 Å². The van der Waals surface area contributed by atoms with Crippen LogP contribution in [0.3, 0.4) is 0 Å². The number of amides is 3. The zero-order valence-electron chi connectivity index (χ0n) is 14.7. The fourth-order valence-electron chi connectivity index (χ4n) is 3.22. The fourth-order valence-corrected chi connectivity index (χ4v) is 3.22. The van der Waals surface area contributed by atoms with Gasteiger partial charge in [0.15, 0.2) is 0 Å². The van der Waals surface area contributed by atoms with Gasteiger partial charge in [0.2, 0.25) is 0 Å². The van der Waals surface area contributed by atoms with Crippen LogP contribution in [0.25, 0.3) is 0 Å². The summed E-state index contributed by atoms with van der Waals surface area (Å²) in [5.74, 6) is -1.12. The summed E-state index contributed by atoms with van der Waals surface area (Å²) in [5, 5.41) is 17.6. The van der Waals surface area contributed by atoms with Crippen LogP contribution in [-0.2, 0) is 11.3 Å². The molecule has 2 saturated carbocycles. The Morgan fingerprint density at radius 3 is 2.27 bits per heavy atom. The predicted octanol–water partition coefficient (Wildman–Crippen LogP) is 2.02. The summed E-state index contributed by atoms with van der Waals surface area (Å²) in [7, 11) is 0. The van der Waals surface area contributed by atoms with Gasteiger partial charge in [-0.3, -0.25) is 9.59 Å². The maximum Gasteiger partial charge on any atom is 0.315 e. The first-order chi connectivity index (χ1) is 12.5. The third kappa shape index (κ3) is 5.21. The number of carbonyl (C=O) groups excluding carboxylic acids is 2. The monoisotopic (exact) mass is 359 g/mol. The lowest BCUT2D eigenvalue weighted by Gasteiger charge is -2.26. The predicted molar refractivity (Wildman–Crippen MR) is 95.7 cm³/mol. The summed E-state index contributed by atoms with van der Waals surface area (Å²) in [6.07, 6.45) is 4.64. The number of aliphatic carboxylic acids is 1. The highest BCUT2D eigenvalue weighted by Gasteiger charge is 2.26. The lowest BCUT2D eigenvalue weighted by Crippen LogP contribution is -2.43. The number of carbonyl (C=O) groups is 3. The van der Waals surface area contributed by atoms with Crippen molar-refractivity contribution in [1.82, 2.24) is 16.0 Å². The van der Waals surface area contributed by atoms with Crippen LogP contribution in [0.1, 0.15) is 54.4 Å². The molecule has 0 unspecified atom stereocenters. The molecule has 1 aromatic rings. The molecule has 2 fully saturated rings. The third-order valence-corrected chi connectivity index (χ3v) is 4.97. The van der Waals surface area contributed by atoms with Gasteiger partial charge < -0.3 is 21.1 Å². The first-order valence-corrected chi connectivity index (χ1v) is 9.18. The summed E-state index contributed by atoms with van der Waals surface area (Å²) < 4.78 is 0. The number of benzene rings is 1. The molecule has 0 spiro atoms. The van der Waals surface area contributed by atoms with Crippen molar-refractivity contribution in [3.63, 3.8) is 0 Å². The highest BCUT2D eigenvalue weighted by atomic mass is 16.4. The van der Waals surface area contributed by atoms with E-state index in [4.69, 9.17) is 5.11 Å². The zero-order valence-corrected chi connectivity index (χ0v) is 14.7. The number of nitrogens with one attached hydrogen (secondary N) is 3. The zero-order chi connectivity index (χ0) is 18.5. The smallest absolute Gasteiger partial charge is 0.315 e. The maximum absolute atomic E-state index is 12.1. The number of hydrogen-bond donors (Lipinski definition) is 4. The lowest BCUT2D eigenvalue weighted by atomic mass is 9.86. The van der Waals surface area contributed by atoms with E-state index in [0.29, 0.717) is 43.8 Å². The Kier molecular flexibility index (Phi) is 5.75. The van der Waals surface area contributed by atoms with E-state index in [1.165, 1.54) is 0 Å². The molecular formula is C19H25N3O4. The van der Waals surface area contributed by atoms with Crippen LogP contribution in [0, 0.1) is 5.92 Å². The van der Waals surface area contributed by atoms with Crippen molar-refractivity contribution in [2.45, 2.75) is 57.2 Å². The highest BCUT2D eigenvalue weighted by Crippen LogP contribution is 2.24. The standard InChI is InChI=1S/C19H25N3O4/c23-17(21-15-8-9-15)14-3-1-2-12(10-14)11-20-19(26)22-16-6-4-13(5-7-16)18(24)25/h1-3,10,13,15-16H,4-9,11H2,(H,21,23)(H,24,25)(H2,20,22,26). The number of urea groups is 1. The third-order valence-electron chi connectivity index (χ3n) is 4.97. The van der Waals surface area contributed by atoms with Gasteiger partial charge in [0.05, 0.1) is 5.92 Å². The number of carboxylic acid groups (broad SMARTS) is 1. The van der Waals surface area contributed by atoms with Gasteiger partial charge in [-0.15, -0.1) is 0 Å². The van der Waals surface area contributed by atoms with Crippen LogP contribution in [0.2, 0.25) is 0 Å². The van der Waals surface area contributed by atoms with Gasteiger partial charge in [0.1, 0.15) is 0 Å². The molecule has 2 aliphatic carbocycles. The van der Waals surface area contributed by atoms with Crippen LogP contribution < -0.4 is 16.0 Å². The molecular weight excluding hydrogens is 334 g/mol. The van der Waals surface area contributed by atoms with Crippen molar-refractivity contribution in [2.24, 2.45) is 5.92 Å². The van der Waals surface area contributed by atoms with Gasteiger partial charge in [-0.05, 0) is 56.2 Å². The van der Waals surface area contributed by atoms with Gasteiger partial charge in [-0.2, -0.15) is 0 Å². The molecule has 0 aliphatic heterocycles. The van der Waals surface area contributed by atoms with E-state index in [1.54, 1.807) is 12.1 Å². The average molecular weight is 359 g/mol. The Hall–Kier alpha value is -2.57. The number of rotatable bonds is 6. The minimum Gasteiger partial charge on any atom is -0.481 e. The molecule has 0 atom stereocenters. The summed E-state index contributed by atoms with van der Waals surface area (Å²) in [5.41, 5.74) is 1.46. The second kappa shape index (κ2) is 8.21. The molecule has 0 saturated heterocycles. The molecule has 7 nitrogen and oxygen atoms in total. The molecule has 4 N–H and O–H groups in total. The van der Waals surface area contributed by atoms with Crippen molar-refractivity contribution in [3.8, 4) is 0 Å². The van der Waals surface area contributed by atoms with Crippen LogP contribution >= 0.6 is 0 Å². The van der Waals surface area contributed by atoms with Crippen molar-refractivity contribution in [2.75, 3.05) is 0 Å². The largest absolute Gasteiger partial charge is 0.481 e. The highest BCUT2D eigenvalue weighted by molar-refractivity contribution is 5.94. The molecule has 0 radical (unpaired) electrons. The Labute approximate surface area is 152 Å². The summed E-state index contributed by atoms with van der Waals surface area (Å²) in [6.45, 7) is 0.334. The van der Waals surface area contributed by atoms with E-state index in [-0.39, 0.29) is 23.9 Å². The van der Waals surface area contributed by atoms with E-state index in [9.17, 15) is 14.4 Å². The molecule has 140 valence electrons. The first kappa shape index (κ1) is 18.2. The molecule has 3 rings (SSSR count). The first-order valence-electron chi connectivity index (χ1n) is 9.18. The van der Waals surface area contributed by atoms with Crippen LogP contribution in [0.4, 0.5) is 4.79 Å². The number of carboxylic acids is 1. The molecule has 26 heavy (non-hydrogen) atoms. The fraction of sp³-hybridized carbons (Fsp3) is 0.526. The number of hydrogen-bond acceptors (Lipinski definition) is 3. The van der Waals surface area contributed by atoms with E-state index in [1.807, 2.05) is 12.1 Å². The Morgan fingerprint density at radius 1 is 0.962 bits per heavy atom. The molecule has 2 aliphatic rings.